The largest absolute Gasteiger partial charge is 0.495 e. The molecule has 0 saturated carbocycles. The Bertz CT molecular complexity index is 712. The molecule has 0 aliphatic heterocycles. The number of carbonyl (C=O) groups is 1. The second kappa shape index (κ2) is 8.74. The van der Waals surface area contributed by atoms with E-state index in [1.807, 2.05) is 33.8 Å². The molecule has 0 bridgehead atoms. The Kier molecular flexibility index (Phi) is 7.57. The van der Waals surface area contributed by atoms with Gasteiger partial charge in [0, 0.05) is 17.0 Å². The molecule has 0 spiro atoms. The summed E-state index contributed by atoms with van der Waals surface area (Å²) in [5.74, 6) is 0.440. The molecule has 0 N–H and O–H groups in total. The quantitative estimate of drug-likeness (QED) is 0.497. The van der Waals surface area contributed by atoms with Crippen LogP contribution in [0.1, 0.15) is 36.9 Å². The summed E-state index contributed by atoms with van der Waals surface area (Å²) in [5, 5.41) is 0.861. The number of carbonyl (C=O) groups excluding carboxylic acids is 1. The third-order valence-electron chi connectivity index (χ3n) is 4.00. The first-order valence-corrected chi connectivity index (χ1v) is 8.43. The van der Waals surface area contributed by atoms with E-state index in [4.69, 9.17) is 13.9 Å². The zero-order valence-electron chi connectivity index (χ0n) is 14.5. The summed E-state index contributed by atoms with van der Waals surface area (Å²) in [6, 6.07) is 3.65. The number of fused-ring (bicyclic) bond motifs is 1. The molecule has 1 aromatic carbocycles. The number of ether oxygens (including phenoxy) is 2. The first kappa shape index (κ1) is 20.8. The Labute approximate surface area is 156 Å². The maximum atomic E-state index is 12.4. The van der Waals surface area contributed by atoms with Gasteiger partial charge in [-0.3, -0.25) is 4.90 Å². The minimum Gasteiger partial charge on any atom is -0.495 e. The number of rotatable bonds is 6. The molecule has 1 atom stereocenters. The van der Waals surface area contributed by atoms with Gasteiger partial charge in [0.1, 0.15) is 11.3 Å². The Hall–Kier alpha value is -1.24. The van der Waals surface area contributed by atoms with Crippen LogP contribution in [0.5, 0.6) is 5.75 Å². The normalized spacial score (nSPS) is 12.1. The second-order valence-electron chi connectivity index (χ2n) is 5.26. The fourth-order valence-electron chi connectivity index (χ4n) is 2.59. The fourth-order valence-corrected chi connectivity index (χ4v) is 3.10. The van der Waals surface area contributed by atoms with E-state index in [9.17, 15) is 4.79 Å². The van der Waals surface area contributed by atoms with Gasteiger partial charge in [0.25, 0.3) is 0 Å². The highest BCUT2D eigenvalue weighted by Gasteiger charge is 2.23. The fraction of sp³-hybridized carbons (Fsp3) is 0.471. The van der Waals surface area contributed by atoms with Crippen molar-refractivity contribution in [3.8, 4) is 5.75 Å². The van der Waals surface area contributed by atoms with E-state index in [1.165, 1.54) is 0 Å². The van der Waals surface area contributed by atoms with E-state index in [0.717, 1.165) is 28.5 Å². The second-order valence-corrected chi connectivity index (χ2v) is 6.12. The van der Waals surface area contributed by atoms with Crippen LogP contribution in [0.3, 0.4) is 0 Å². The number of aryl methyl sites for hydroxylation is 1. The molecule has 24 heavy (non-hydrogen) atoms. The number of furan rings is 1. The summed E-state index contributed by atoms with van der Waals surface area (Å²) in [5.41, 5.74) is 1.37. The Morgan fingerprint density at radius 3 is 2.50 bits per heavy atom. The molecule has 0 amide bonds. The predicted octanol–water partition coefficient (Wildman–Crippen LogP) is 4.78. The first-order chi connectivity index (χ1) is 10.9. The number of nitrogens with zero attached hydrogens (tertiary/aromatic N) is 1. The maximum absolute atomic E-state index is 12.4. The lowest BCUT2D eigenvalue weighted by Gasteiger charge is -2.25. The van der Waals surface area contributed by atoms with E-state index < -0.39 is 5.97 Å². The van der Waals surface area contributed by atoms with Crippen LogP contribution in [0.25, 0.3) is 11.0 Å². The third-order valence-corrected chi connectivity index (χ3v) is 4.62. The van der Waals surface area contributed by atoms with Crippen LogP contribution in [-0.4, -0.2) is 37.3 Å². The molecule has 7 heteroatoms. The number of halogens is 2. The van der Waals surface area contributed by atoms with Gasteiger partial charge < -0.3 is 13.9 Å². The highest BCUT2D eigenvalue weighted by Crippen LogP contribution is 2.34. The van der Waals surface area contributed by atoms with Gasteiger partial charge in [-0.05, 0) is 48.9 Å². The summed E-state index contributed by atoms with van der Waals surface area (Å²) in [6.45, 7) is 9.41. The molecular formula is C17H23BrClNO4. The van der Waals surface area contributed by atoms with E-state index in [0.29, 0.717) is 11.3 Å². The molecule has 0 aliphatic carbocycles. The van der Waals surface area contributed by atoms with Gasteiger partial charge >= 0.3 is 5.97 Å². The number of methoxy groups -OCH3 is 1. The van der Waals surface area contributed by atoms with Crippen LogP contribution in [-0.2, 0) is 4.74 Å². The molecule has 0 aliphatic rings. The molecule has 0 fully saturated rings. The molecule has 0 saturated heterocycles. The van der Waals surface area contributed by atoms with Crippen LogP contribution in [0.2, 0.25) is 0 Å². The molecule has 1 unspecified atom stereocenters. The van der Waals surface area contributed by atoms with Crippen molar-refractivity contribution < 1.29 is 18.7 Å². The number of hydrogen-bond donors (Lipinski definition) is 0. The van der Waals surface area contributed by atoms with Crippen LogP contribution >= 0.6 is 28.3 Å². The third kappa shape index (κ3) is 4.05. The average molecular weight is 421 g/mol. The van der Waals surface area contributed by atoms with E-state index in [1.54, 1.807) is 13.2 Å². The van der Waals surface area contributed by atoms with E-state index >= 15 is 0 Å². The summed E-state index contributed by atoms with van der Waals surface area (Å²) in [4.78, 5) is 14.5. The van der Waals surface area contributed by atoms with Crippen LogP contribution in [0, 0.1) is 6.92 Å². The molecule has 2 rings (SSSR count). The van der Waals surface area contributed by atoms with Crippen LogP contribution in [0.15, 0.2) is 21.0 Å². The van der Waals surface area contributed by atoms with E-state index in [2.05, 4.69) is 20.8 Å². The van der Waals surface area contributed by atoms with Gasteiger partial charge in [0.15, 0.2) is 6.23 Å². The molecule has 2 aromatic rings. The molecule has 0 radical (unpaired) electrons. The molecule has 1 aromatic heterocycles. The lowest BCUT2D eigenvalue weighted by atomic mass is 10.1. The lowest BCUT2D eigenvalue weighted by molar-refractivity contribution is -0.0221. The van der Waals surface area contributed by atoms with E-state index in [-0.39, 0.29) is 24.4 Å². The Balaban J connectivity index is 0.00000288. The summed E-state index contributed by atoms with van der Waals surface area (Å²) in [6.07, 6.45) is -0.300. The smallest absolute Gasteiger partial charge is 0.376 e. The minimum atomic E-state index is -0.451. The van der Waals surface area contributed by atoms with Crippen molar-refractivity contribution in [3.63, 3.8) is 0 Å². The van der Waals surface area contributed by atoms with Gasteiger partial charge in [-0.15, -0.1) is 12.4 Å². The summed E-state index contributed by atoms with van der Waals surface area (Å²) < 4.78 is 17.3. The van der Waals surface area contributed by atoms with Gasteiger partial charge in [0.05, 0.1) is 11.6 Å². The zero-order valence-corrected chi connectivity index (χ0v) is 16.9. The monoisotopic (exact) mass is 419 g/mol. The Morgan fingerprint density at radius 1 is 1.33 bits per heavy atom. The highest BCUT2D eigenvalue weighted by molar-refractivity contribution is 9.10. The number of esters is 1. The SMILES string of the molecule is CCN(CC)C(C)OC(=O)c1oc2cc(OC)c(Br)cc2c1C.Cl. The van der Waals surface area contributed by atoms with Gasteiger partial charge in [-0.1, -0.05) is 13.8 Å². The van der Waals surface area contributed by atoms with Gasteiger partial charge in [-0.2, -0.15) is 0 Å². The van der Waals surface area contributed by atoms with Crippen molar-refractivity contribution in [1.82, 2.24) is 4.90 Å². The molecule has 5 nitrogen and oxygen atoms in total. The predicted molar refractivity (Wildman–Crippen MR) is 100 cm³/mol. The van der Waals surface area contributed by atoms with Gasteiger partial charge in [0.2, 0.25) is 5.76 Å². The molecular weight excluding hydrogens is 398 g/mol. The minimum absolute atomic E-state index is 0. The van der Waals surface area contributed by atoms with Gasteiger partial charge in [-0.25, -0.2) is 4.79 Å². The Morgan fingerprint density at radius 2 is 1.96 bits per heavy atom. The summed E-state index contributed by atoms with van der Waals surface area (Å²) in [7, 11) is 1.59. The van der Waals surface area contributed by atoms with Crippen molar-refractivity contribution in [1.29, 1.82) is 0 Å². The number of hydrogen-bond acceptors (Lipinski definition) is 5. The molecule has 134 valence electrons. The molecule has 1 heterocycles. The van der Waals surface area contributed by atoms with Crippen LogP contribution < -0.4 is 4.74 Å². The average Bonchev–Trinajstić information content (AvgIpc) is 2.84. The van der Waals surface area contributed by atoms with Crippen molar-refractivity contribution in [2.24, 2.45) is 0 Å². The zero-order chi connectivity index (χ0) is 17.1. The standard InChI is InChI=1S/C17H22BrNO4.ClH/c1-6-19(7-2)11(4)22-17(20)16-10(3)12-8-13(18)15(21-5)9-14(12)23-16;/h8-9,11H,6-7H2,1-5H3;1H. The number of benzene rings is 1. The van der Waals surface area contributed by atoms with Crippen molar-refractivity contribution in [2.75, 3.05) is 20.2 Å². The maximum Gasteiger partial charge on any atom is 0.376 e. The first-order valence-electron chi connectivity index (χ1n) is 7.64. The summed E-state index contributed by atoms with van der Waals surface area (Å²) >= 11 is 3.45. The van der Waals surface area contributed by atoms with Crippen LogP contribution in [0.4, 0.5) is 0 Å². The lowest BCUT2D eigenvalue weighted by Crippen LogP contribution is -2.36. The topological polar surface area (TPSA) is 51.9 Å². The highest BCUT2D eigenvalue weighted by atomic mass is 79.9. The van der Waals surface area contributed by atoms with Crippen molar-refractivity contribution in [2.45, 2.75) is 33.9 Å². The van der Waals surface area contributed by atoms with Crippen molar-refractivity contribution in [3.05, 3.63) is 27.9 Å². The van der Waals surface area contributed by atoms with Crippen molar-refractivity contribution >= 4 is 45.3 Å².